The van der Waals surface area contributed by atoms with Gasteiger partial charge >= 0.3 is 5.97 Å². The zero-order valence-electron chi connectivity index (χ0n) is 21.2. The van der Waals surface area contributed by atoms with E-state index < -0.39 is 40.8 Å². The Morgan fingerprint density at radius 1 is 0.825 bits per heavy atom. The molecular formula is C27H21F5N4O4. The minimum atomic E-state index is -2.36. The molecule has 0 aliphatic carbocycles. The van der Waals surface area contributed by atoms with Gasteiger partial charge in [0.1, 0.15) is 22.9 Å². The Morgan fingerprint density at radius 3 is 2.12 bits per heavy atom. The number of hydrogen-bond donors (Lipinski definition) is 1. The first kappa shape index (κ1) is 26.9. The Kier molecular flexibility index (Phi) is 7.28. The minimum Gasteiger partial charge on any atom is -0.494 e. The summed E-state index contributed by atoms with van der Waals surface area (Å²) < 4.78 is 83.5. The molecular weight excluding hydrogens is 539 g/mol. The summed E-state index contributed by atoms with van der Waals surface area (Å²) in [5.41, 5.74) is 1.82. The predicted octanol–water partition coefficient (Wildman–Crippen LogP) is 7.12. The van der Waals surface area contributed by atoms with E-state index in [1.807, 2.05) is 6.07 Å². The maximum absolute atomic E-state index is 13.9. The van der Waals surface area contributed by atoms with Crippen molar-refractivity contribution in [2.24, 2.45) is 10.2 Å². The van der Waals surface area contributed by atoms with E-state index in [4.69, 9.17) is 9.47 Å². The zero-order valence-corrected chi connectivity index (χ0v) is 21.2. The molecule has 1 N–H and O–H groups in total. The second-order valence-electron chi connectivity index (χ2n) is 8.83. The predicted molar refractivity (Wildman–Crippen MR) is 135 cm³/mol. The lowest BCUT2D eigenvalue weighted by atomic mass is 10.2. The molecule has 40 heavy (non-hydrogen) atoms. The third-order valence-corrected chi connectivity index (χ3v) is 6.39. The van der Waals surface area contributed by atoms with Crippen LogP contribution in [-0.4, -0.2) is 38.3 Å². The van der Waals surface area contributed by atoms with Gasteiger partial charge in [0.25, 0.3) is 0 Å². The molecule has 3 aromatic carbocycles. The van der Waals surface area contributed by atoms with Gasteiger partial charge in [-0.3, -0.25) is 0 Å². The van der Waals surface area contributed by atoms with Crippen LogP contribution < -0.4 is 19.1 Å². The molecule has 13 heteroatoms. The van der Waals surface area contributed by atoms with Crippen LogP contribution in [0.5, 0.6) is 17.2 Å². The molecule has 1 aliphatic rings. The second kappa shape index (κ2) is 10.8. The summed E-state index contributed by atoms with van der Waals surface area (Å²) in [6, 6.07) is 9.55. The van der Waals surface area contributed by atoms with Crippen LogP contribution in [0.25, 0.3) is 10.9 Å². The Hall–Kier alpha value is -4.68. The number of nitrogens with one attached hydrogen (secondary N) is 1. The number of hydrogen-bond acceptors (Lipinski definition) is 7. The van der Waals surface area contributed by atoms with Crippen LogP contribution in [0.15, 0.2) is 46.6 Å². The van der Waals surface area contributed by atoms with Gasteiger partial charge < -0.3 is 24.1 Å². The molecule has 1 aliphatic heterocycles. The molecule has 0 atom stereocenters. The fourth-order valence-electron chi connectivity index (χ4n) is 4.37. The lowest BCUT2D eigenvalue weighted by Crippen LogP contribution is -2.18. The van der Waals surface area contributed by atoms with Crippen LogP contribution in [0, 0.1) is 29.1 Å². The van der Waals surface area contributed by atoms with Gasteiger partial charge in [0, 0.05) is 36.1 Å². The molecule has 4 aromatic rings. The van der Waals surface area contributed by atoms with Crippen molar-refractivity contribution in [2.75, 3.05) is 32.2 Å². The van der Waals surface area contributed by atoms with Crippen molar-refractivity contribution in [3.05, 3.63) is 71.2 Å². The standard InChI is InChI=1S/C27H21F5N4O4/c1-38-19-12-18(36-7-3-4-8-36)20(39-2)11-16(19)35-34-14-5-6-15-13(9-14)10-17(33-15)27(37)40-26-24(31)22(29)21(28)23(30)25(26)32/h5-6,9-12,33H,3-4,7-8H2,1-2H3/b35-34+. The van der Waals surface area contributed by atoms with Crippen LogP contribution in [0.4, 0.5) is 39.0 Å². The number of nitrogens with zero attached hydrogens (tertiary/aromatic N) is 3. The molecule has 0 amide bonds. The van der Waals surface area contributed by atoms with E-state index in [1.165, 1.54) is 13.2 Å². The molecule has 8 nitrogen and oxygen atoms in total. The molecule has 0 unspecified atom stereocenters. The van der Waals surface area contributed by atoms with Gasteiger partial charge in [0.2, 0.25) is 34.8 Å². The Balaban J connectivity index is 1.40. The number of ether oxygens (including phenoxy) is 3. The summed E-state index contributed by atoms with van der Waals surface area (Å²) in [6.07, 6.45) is 2.18. The van der Waals surface area contributed by atoms with E-state index >= 15 is 0 Å². The van der Waals surface area contributed by atoms with Gasteiger partial charge in [-0.2, -0.15) is 13.9 Å². The highest BCUT2D eigenvalue weighted by molar-refractivity contribution is 5.96. The molecule has 5 rings (SSSR count). The number of aromatic amines is 1. The fraction of sp³-hybridized carbons (Fsp3) is 0.222. The lowest BCUT2D eigenvalue weighted by molar-refractivity contribution is 0.0711. The van der Waals surface area contributed by atoms with E-state index in [2.05, 4.69) is 24.8 Å². The van der Waals surface area contributed by atoms with Crippen LogP contribution in [0.2, 0.25) is 0 Å². The SMILES string of the molecule is COc1cc(N2CCCC2)c(OC)cc1/N=N/c1ccc2[nH]c(C(=O)Oc3c(F)c(F)c(F)c(F)c3F)cc2c1. The molecule has 0 saturated carbocycles. The average Bonchev–Trinajstić information content (AvgIpc) is 3.66. The van der Waals surface area contributed by atoms with Crippen molar-refractivity contribution in [1.82, 2.24) is 4.98 Å². The third-order valence-electron chi connectivity index (χ3n) is 6.39. The van der Waals surface area contributed by atoms with Gasteiger partial charge in [0.05, 0.1) is 25.6 Å². The summed E-state index contributed by atoms with van der Waals surface area (Å²) in [7, 11) is 3.09. The van der Waals surface area contributed by atoms with Gasteiger partial charge in [-0.1, -0.05) is 0 Å². The molecule has 2 heterocycles. The summed E-state index contributed by atoms with van der Waals surface area (Å²) in [4.78, 5) is 17.3. The maximum Gasteiger partial charge on any atom is 0.360 e. The van der Waals surface area contributed by atoms with Crippen molar-refractivity contribution >= 4 is 33.9 Å². The fourth-order valence-corrected chi connectivity index (χ4v) is 4.37. The number of rotatable bonds is 7. The summed E-state index contributed by atoms with van der Waals surface area (Å²) in [5, 5.41) is 8.96. The monoisotopic (exact) mass is 560 g/mol. The molecule has 1 fully saturated rings. The average molecular weight is 560 g/mol. The number of esters is 1. The number of halogens is 5. The largest absolute Gasteiger partial charge is 0.494 e. The molecule has 208 valence electrons. The van der Waals surface area contributed by atoms with Crippen LogP contribution in [0.1, 0.15) is 23.3 Å². The number of fused-ring (bicyclic) bond motifs is 1. The third kappa shape index (κ3) is 4.90. The number of aromatic nitrogens is 1. The van der Waals surface area contributed by atoms with E-state index in [-0.39, 0.29) is 5.69 Å². The van der Waals surface area contributed by atoms with Gasteiger partial charge in [0.15, 0.2) is 0 Å². The Morgan fingerprint density at radius 2 is 1.48 bits per heavy atom. The van der Waals surface area contributed by atoms with Crippen LogP contribution >= 0.6 is 0 Å². The van der Waals surface area contributed by atoms with E-state index in [0.717, 1.165) is 31.6 Å². The Labute approximate surface area is 224 Å². The van der Waals surface area contributed by atoms with Crippen molar-refractivity contribution in [2.45, 2.75) is 12.8 Å². The first-order chi connectivity index (χ1) is 19.2. The summed E-state index contributed by atoms with van der Waals surface area (Å²) in [5.74, 6) is -13.3. The minimum absolute atomic E-state index is 0.295. The number of carbonyl (C=O) groups is 1. The molecule has 1 saturated heterocycles. The molecule has 0 bridgehead atoms. The highest BCUT2D eigenvalue weighted by Crippen LogP contribution is 2.41. The smallest absolute Gasteiger partial charge is 0.360 e. The molecule has 0 radical (unpaired) electrons. The Bertz CT molecular complexity index is 1620. The topological polar surface area (TPSA) is 88.5 Å². The number of H-pyrrole nitrogens is 1. The zero-order chi connectivity index (χ0) is 28.6. The lowest BCUT2D eigenvalue weighted by Gasteiger charge is -2.21. The van der Waals surface area contributed by atoms with E-state index in [0.29, 0.717) is 33.8 Å². The molecule has 0 spiro atoms. The maximum atomic E-state index is 13.9. The number of benzene rings is 3. The summed E-state index contributed by atoms with van der Waals surface area (Å²) in [6.45, 7) is 1.82. The molecule has 1 aromatic heterocycles. The summed E-state index contributed by atoms with van der Waals surface area (Å²) >= 11 is 0. The van der Waals surface area contributed by atoms with Gasteiger partial charge in [-0.15, -0.1) is 5.11 Å². The first-order valence-electron chi connectivity index (χ1n) is 12.0. The highest BCUT2D eigenvalue weighted by Gasteiger charge is 2.29. The number of azo groups is 1. The number of carbonyl (C=O) groups excluding carboxylic acids is 1. The van der Waals surface area contributed by atoms with Crippen LogP contribution in [0.3, 0.4) is 0 Å². The quantitative estimate of drug-likeness (QED) is 0.0650. The van der Waals surface area contributed by atoms with Crippen molar-refractivity contribution in [1.29, 1.82) is 0 Å². The van der Waals surface area contributed by atoms with E-state index in [1.54, 1.807) is 31.4 Å². The van der Waals surface area contributed by atoms with Crippen molar-refractivity contribution < 1.29 is 41.0 Å². The van der Waals surface area contributed by atoms with E-state index in [9.17, 15) is 26.7 Å². The number of anilines is 1. The highest BCUT2D eigenvalue weighted by atomic mass is 19.2. The van der Waals surface area contributed by atoms with Crippen LogP contribution in [-0.2, 0) is 0 Å². The van der Waals surface area contributed by atoms with Crippen molar-refractivity contribution in [3.8, 4) is 17.2 Å². The van der Waals surface area contributed by atoms with Gasteiger partial charge in [-0.05, 0) is 37.1 Å². The first-order valence-corrected chi connectivity index (χ1v) is 12.0. The van der Waals surface area contributed by atoms with Crippen molar-refractivity contribution in [3.63, 3.8) is 0 Å². The second-order valence-corrected chi connectivity index (χ2v) is 8.83. The normalized spacial score (nSPS) is 13.4. The number of methoxy groups -OCH3 is 2. The van der Waals surface area contributed by atoms with Gasteiger partial charge in [-0.25, -0.2) is 18.0 Å².